The number of aryl methyl sites for hydroxylation is 1. The first-order valence-corrected chi connectivity index (χ1v) is 9.83. The number of hydrogen-bond donors (Lipinski definition) is 2. The Hall–Kier alpha value is -2.57. The fourth-order valence-corrected chi connectivity index (χ4v) is 3.86. The number of imide groups is 1. The Labute approximate surface area is 179 Å². The molecule has 29 heavy (non-hydrogen) atoms. The van der Waals surface area contributed by atoms with Crippen LogP contribution >= 0.6 is 23.2 Å². The van der Waals surface area contributed by atoms with E-state index in [1.54, 1.807) is 44.2 Å². The molecule has 2 atom stereocenters. The molecule has 1 fully saturated rings. The first-order chi connectivity index (χ1) is 13.6. The third-order valence-electron chi connectivity index (χ3n) is 5.01. The highest BCUT2D eigenvalue weighted by Crippen LogP contribution is 2.29. The summed E-state index contributed by atoms with van der Waals surface area (Å²) < 4.78 is 0. The first-order valence-electron chi connectivity index (χ1n) is 9.07. The lowest BCUT2D eigenvalue weighted by molar-refractivity contribution is -0.135. The van der Waals surface area contributed by atoms with Crippen molar-refractivity contribution in [3.05, 3.63) is 69.2 Å². The molecule has 0 aromatic heterocycles. The van der Waals surface area contributed by atoms with Gasteiger partial charge >= 0.3 is 6.03 Å². The molecule has 4 amide bonds. The van der Waals surface area contributed by atoms with E-state index in [9.17, 15) is 14.4 Å². The lowest BCUT2D eigenvalue weighted by atomic mass is 9.91. The predicted octanol–water partition coefficient (Wildman–Crippen LogP) is 3.95. The van der Waals surface area contributed by atoms with Gasteiger partial charge in [0.25, 0.3) is 5.91 Å². The van der Waals surface area contributed by atoms with Crippen LogP contribution in [0.4, 0.5) is 4.79 Å². The highest BCUT2D eigenvalue weighted by Gasteiger charge is 2.49. The minimum Gasteiger partial charge on any atom is -0.348 e. The van der Waals surface area contributed by atoms with Crippen LogP contribution in [0.5, 0.6) is 0 Å². The van der Waals surface area contributed by atoms with E-state index in [1.807, 2.05) is 19.1 Å². The van der Waals surface area contributed by atoms with Gasteiger partial charge in [-0.15, -0.1) is 0 Å². The van der Waals surface area contributed by atoms with Gasteiger partial charge in [-0.1, -0.05) is 59.1 Å². The summed E-state index contributed by atoms with van der Waals surface area (Å²) in [4.78, 5) is 38.7. The molecule has 8 heteroatoms. The number of carbonyl (C=O) groups excluding carboxylic acids is 3. The van der Waals surface area contributed by atoms with Gasteiger partial charge in [0, 0.05) is 10.0 Å². The molecular formula is C21H21Cl2N3O3. The number of halogens is 2. The average molecular weight is 434 g/mol. The summed E-state index contributed by atoms with van der Waals surface area (Å²) in [5.74, 6) is -0.946. The largest absolute Gasteiger partial charge is 0.348 e. The molecular weight excluding hydrogens is 413 g/mol. The fourth-order valence-electron chi connectivity index (χ4n) is 3.28. The van der Waals surface area contributed by atoms with Gasteiger partial charge in [-0.25, -0.2) is 4.79 Å². The molecule has 0 saturated carbocycles. The van der Waals surface area contributed by atoms with Crippen molar-refractivity contribution in [1.29, 1.82) is 0 Å². The van der Waals surface area contributed by atoms with Crippen molar-refractivity contribution in [3.63, 3.8) is 0 Å². The standard InChI is InChI=1S/C21H21Cl2N3O3/c1-12-4-6-14(7-5-12)21(3)19(28)26(20(29)25-21)11-18(27)24-13(2)16-9-8-15(22)10-17(16)23/h4-10,13H,11H2,1-3H3,(H,24,27)(H,25,29). The summed E-state index contributed by atoms with van der Waals surface area (Å²) in [6.07, 6.45) is 0. The summed E-state index contributed by atoms with van der Waals surface area (Å²) >= 11 is 12.1. The van der Waals surface area contributed by atoms with Crippen molar-refractivity contribution in [2.24, 2.45) is 0 Å². The summed E-state index contributed by atoms with van der Waals surface area (Å²) in [5, 5.41) is 6.37. The molecule has 152 valence electrons. The topological polar surface area (TPSA) is 78.5 Å². The van der Waals surface area contributed by atoms with Crippen LogP contribution in [0.25, 0.3) is 0 Å². The molecule has 1 heterocycles. The van der Waals surface area contributed by atoms with Crippen LogP contribution in [0.15, 0.2) is 42.5 Å². The van der Waals surface area contributed by atoms with Crippen molar-refractivity contribution < 1.29 is 14.4 Å². The summed E-state index contributed by atoms with van der Waals surface area (Å²) in [5.41, 5.74) is 1.17. The van der Waals surface area contributed by atoms with Gasteiger partial charge in [-0.2, -0.15) is 0 Å². The number of hydrogen-bond acceptors (Lipinski definition) is 3. The Morgan fingerprint density at radius 3 is 2.45 bits per heavy atom. The van der Waals surface area contributed by atoms with Gasteiger partial charge in [-0.05, 0) is 44.0 Å². The van der Waals surface area contributed by atoms with Crippen LogP contribution in [0.3, 0.4) is 0 Å². The summed E-state index contributed by atoms with van der Waals surface area (Å²) in [6.45, 7) is 4.94. The van der Waals surface area contributed by atoms with E-state index >= 15 is 0 Å². The molecule has 1 aliphatic heterocycles. The first kappa shape index (κ1) is 21.1. The van der Waals surface area contributed by atoms with Crippen LogP contribution in [-0.4, -0.2) is 29.3 Å². The van der Waals surface area contributed by atoms with E-state index in [2.05, 4.69) is 10.6 Å². The van der Waals surface area contributed by atoms with Gasteiger partial charge < -0.3 is 10.6 Å². The molecule has 2 unspecified atom stereocenters. The smallest absolute Gasteiger partial charge is 0.325 e. The SMILES string of the molecule is Cc1ccc(C2(C)NC(=O)N(CC(=O)NC(C)c3ccc(Cl)cc3Cl)C2=O)cc1. The normalized spacial score (nSPS) is 19.8. The van der Waals surface area contributed by atoms with Crippen LogP contribution < -0.4 is 10.6 Å². The summed E-state index contributed by atoms with van der Waals surface area (Å²) in [6, 6.07) is 11.3. The van der Waals surface area contributed by atoms with Crippen molar-refractivity contribution in [2.45, 2.75) is 32.4 Å². The van der Waals surface area contributed by atoms with Gasteiger partial charge in [0.2, 0.25) is 5.91 Å². The highest BCUT2D eigenvalue weighted by molar-refractivity contribution is 6.35. The number of benzene rings is 2. The minimum absolute atomic E-state index is 0.387. The zero-order valence-corrected chi connectivity index (χ0v) is 17.8. The Kier molecular flexibility index (Phi) is 5.87. The van der Waals surface area contributed by atoms with Crippen LogP contribution in [0.2, 0.25) is 10.0 Å². The molecule has 6 nitrogen and oxygen atoms in total. The average Bonchev–Trinajstić information content (AvgIpc) is 2.86. The van der Waals surface area contributed by atoms with E-state index in [0.717, 1.165) is 10.5 Å². The van der Waals surface area contributed by atoms with Crippen molar-refractivity contribution in [1.82, 2.24) is 15.5 Å². The van der Waals surface area contributed by atoms with E-state index < -0.39 is 29.4 Å². The summed E-state index contributed by atoms with van der Waals surface area (Å²) in [7, 11) is 0. The van der Waals surface area contributed by atoms with Crippen molar-refractivity contribution >= 4 is 41.0 Å². The molecule has 2 N–H and O–H groups in total. The monoisotopic (exact) mass is 433 g/mol. The second-order valence-corrected chi connectivity index (χ2v) is 8.11. The Balaban J connectivity index is 1.71. The number of amides is 4. The zero-order valence-electron chi connectivity index (χ0n) is 16.3. The van der Waals surface area contributed by atoms with E-state index in [0.29, 0.717) is 21.2 Å². The Morgan fingerprint density at radius 2 is 1.83 bits per heavy atom. The predicted molar refractivity (Wildman–Crippen MR) is 112 cm³/mol. The van der Waals surface area contributed by atoms with Gasteiger partial charge in [0.1, 0.15) is 12.1 Å². The van der Waals surface area contributed by atoms with Gasteiger partial charge in [0.15, 0.2) is 0 Å². The quantitative estimate of drug-likeness (QED) is 0.700. The number of nitrogens with one attached hydrogen (secondary N) is 2. The van der Waals surface area contributed by atoms with Crippen LogP contribution in [0.1, 0.15) is 36.6 Å². The Morgan fingerprint density at radius 1 is 1.17 bits per heavy atom. The number of urea groups is 1. The minimum atomic E-state index is -1.21. The molecule has 0 aliphatic carbocycles. The highest BCUT2D eigenvalue weighted by atomic mass is 35.5. The zero-order chi connectivity index (χ0) is 21.3. The van der Waals surface area contributed by atoms with Crippen molar-refractivity contribution in [2.75, 3.05) is 6.54 Å². The van der Waals surface area contributed by atoms with Gasteiger partial charge in [0.05, 0.1) is 6.04 Å². The Bertz CT molecular complexity index is 978. The third kappa shape index (κ3) is 4.23. The second kappa shape index (κ2) is 8.05. The van der Waals surface area contributed by atoms with E-state index in [4.69, 9.17) is 23.2 Å². The maximum absolute atomic E-state index is 12.9. The molecule has 0 bridgehead atoms. The second-order valence-electron chi connectivity index (χ2n) is 7.27. The number of carbonyl (C=O) groups is 3. The fraction of sp³-hybridized carbons (Fsp3) is 0.286. The van der Waals surface area contributed by atoms with Crippen LogP contribution in [-0.2, 0) is 15.1 Å². The van der Waals surface area contributed by atoms with Crippen LogP contribution in [0, 0.1) is 6.92 Å². The maximum atomic E-state index is 12.9. The molecule has 0 radical (unpaired) electrons. The van der Waals surface area contributed by atoms with E-state index in [1.165, 1.54) is 0 Å². The molecule has 0 spiro atoms. The molecule has 2 aromatic rings. The molecule has 2 aromatic carbocycles. The maximum Gasteiger partial charge on any atom is 0.325 e. The third-order valence-corrected chi connectivity index (χ3v) is 5.57. The molecule has 1 saturated heterocycles. The number of rotatable bonds is 5. The lowest BCUT2D eigenvalue weighted by Gasteiger charge is -2.22. The van der Waals surface area contributed by atoms with E-state index in [-0.39, 0.29) is 6.54 Å². The van der Waals surface area contributed by atoms with Crippen molar-refractivity contribution in [3.8, 4) is 0 Å². The number of nitrogens with zero attached hydrogens (tertiary/aromatic N) is 1. The molecule has 3 rings (SSSR count). The lowest BCUT2D eigenvalue weighted by Crippen LogP contribution is -2.43. The molecule has 1 aliphatic rings. The van der Waals surface area contributed by atoms with Gasteiger partial charge in [-0.3, -0.25) is 14.5 Å².